The molecule has 0 aliphatic carbocycles. The molecule has 0 atom stereocenters. The molecule has 14 heavy (non-hydrogen) atoms. The molecule has 78 valence electrons. The minimum Gasteiger partial charge on any atom is -0.493 e. The van der Waals surface area contributed by atoms with E-state index >= 15 is 0 Å². The lowest BCUT2D eigenvalue weighted by Gasteiger charge is -2.07. The van der Waals surface area contributed by atoms with Crippen LogP contribution < -0.4 is 4.74 Å². The fraction of sp³-hybridized carbons (Fsp3) is 0.455. The van der Waals surface area contributed by atoms with Crippen molar-refractivity contribution in [1.82, 2.24) is 0 Å². The highest BCUT2D eigenvalue weighted by Gasteiger charge is 2.01. The van der Waals surface area contributed by atoms with Crippen molar-refractivity contribution in [1.29, 1.82) is 0 Å². The van der Waals surface area contributed by atoms with Gasteiger partial charge in [-0.2, -0.15) is 0 Å². The topological polar surface area (TPSA) is 9.23 Å². The van der Waals surface area contributed by atoms with Crippen molar-refractivity contribution < 1.29 is 4.74 Å². The molecule has 0 saturated carbocycles. The second kappa shape index (κ2) is 6.51. The van der Waals surface area contributed by atoms with Crippen LogP contribution >= 0.6 is 34.2 Å². The summed E-state index contributed by atoms with van der Waals surface area (Å²) >= 11 is 7.94. The fourth-order valence-electron chi connectivity index (χ4n) is 1.24. The van der Waals surface area contributed by atoms with Gasteiger partial charge in [0.15, 0.2) is 0 Å². The number of benzene rings is 1. The van der Waals surface area contributed by atoms with Gasteiger partial charge in [-0.15, -0.1) is 11.6 Å². The lowest BCUT2D eigenvalue weighted by Crippen LogP contribution is -1.95. The van der Waals surface area contributed by atoms with Crippen molar-refractivity contribution in [2.24, 2.45) is 0 Å². The number of aryl methyl sites for hydroxylation is 1. The van der Waals surface area contributed by atoms with E-state index in [0.717, 1.165) is 31.1 Å². The summed E-state index contributed by atoms with van der Waals surface area (Å²) in [5.41, 5.74) is 1.30. The molecular weight excluding hydrogens is 310 g/mol. The second-order valence-electron chi connectivity index (χ2n) is 2.99. The summed E-state index contributed by atoms with van der Waals surface area (Å²) in [6.07, 6.45) is 2.05. The van der Waals surface area contributed by atoms with E-state index < -0.39 is 0 Å². The highest BCUT2D eigenvalue weighted by Crippen LogP contribution is 2.23. The van der Waals surface area contributed by atoms with E-state index in [1.54, 1.807) is 0 Å². The van der Waals surface area contributed by atoms with Gasteiger partial charge in [-0.3, -0.25) is 0 Å². The summed E-state index contributed by atoms with van der Waals surface area (Å²) in [6.45, 7) is 2.72. The van der Waals surface area contributed by atoms with Gasteiger partial charge in [-0.25, -0.2) is 0 Å². The average molecular weight is 325 g/mol. The molecule has 0 fully saturated rings. The van der Waals surface area contributed by atoms with Crippen molar-refractivity contribution >= 4 is 34.2 Å². The Balaban J connectivity index is 2.72. The SMILES string of the molecule is CCOc1cc(CCCCl)ccc1I. The van der Waals surface area contributed by atoms with Gasteiger partial charge in [0, 0.05) is 5.88 Å². The van der Waals surface area contributed by atoms with Crippen molar-refractivity contribution in [3.05, 3.63) is 27.3 Å². The number of hydrogen-bond acceptors (Lipinski definition) is 1. The molecule has 0 heterocycles. The molecule has 0 unspecified atom stereocenters. The fourth-order valence-corrected chi connectivity index (χ4v) is 1.87. The first-order valence-corrected chi connectivity index (χ1v) is 6.36. The average Bonchev–Trinajstić information content (AvgIpc) is 2.19. The largest absolute Gasteiger partial charge is 0.493 e. The van der Waals surface area contributed by atoms with Gasteiger partial charge in [-0.1, -0.05) is 6.07 Å². The first kappa shape index (κ1) is 12.1. The lowest BCUT2D eigenvalue weighted by atomic mass is 10.1. The van der Waals surface area contributed by atoms with E-state index in [4.69, 9.17) is 16.3 Å². The van der Waals surface area contributed by atoms with E-state index in [1.807, 2.05) is 6.92 Å². The van der Waals surface area contributed by atoms with Crippen molar-refractivity contribution in [2.75, 3.05) is 12.5 Å². The van der Waals surface area contributed by atoms with Gasteiger partial charge >= 0.3 is 0 Å². The Bertz CT molecular complexity index is 289. The Morgan fingerprint density at radius 1 is 1.43 bits per heavy atom. The van der Waals surface area contributed by atoms with Crippen LogP contribution in [0.3, 0.4) is 0 Å². The summed E-state index contributed by atoms with van der Waals surface area (Å²) in [7, 11) is 0. The van der Waals surface area contributed by atoms with Gasteiger partial charge in [0.2, 0.25) is 0 Å². The van der Waals surface area contributed by atoms with Crippen LogP contribution in [0.25, 0.3) is 0 Å². The number of hydrogen-bond donors (Lipinski definition) is 0. The summed E-state index contributed by atoms with van der Waals surface area (Å²) in [5, 5.41) is 0. The standard InChI is InChI=1S/C11H14ClIO/c1-2-14-11-8-9(4-3-7-12)5-6-10(11)13/h5-6,8H,2-4,7H2,1H3. The van der Waals surface area contributed by atoms with Gasteiger partial charge in [0.25, 0.3) is 0 Å². The Morgan fingerprint density at radius 2 is 2.21 bits per heavy atom. The minimum absolute atomic E-state index is 0.717. The number of ether oxygens (including phenoxy) is 1. The Morgan fingerprint density at radius 3 is 2.86 bits per heavy atom. The van der Waals surface area contributed by atoms with Crippen LogP contribution in [-0.4, -0.2) is 12.5 Å². The van der Waals surface area contributed by atoms with E-state index in [-0.39, 0.29) is 0 Å². The maximum absolute atomic E-state index is 5.65. The number of alkyl halides is 1. The first-order valence-electron chi connectivity index (χ1n) is 4.75. The van der Waals surface area contributed by atoms with Crippen molar-refractivity contribution in [3.8, 4) is 5.75 Å². The molecule has 0 bridgehead atoms. The van der Waals surface area contributed by atoms with Crippen LogP contribution in [0.1, 0.15) is 18.9 Å². The normalized spacial score (nSPS) is 10.2. The van der Waals surface area contributed by atoms with Crippen LogP contribution in [0.5, 0.6) is 5.75 Å². The molecule has 0 radical (unpaired) electrons. The van der Waals surface area contributed by atoms with E-state index in [0.29, 0.717) is 0 Å². The minimum atomic E-state index is 0.717. The quantitative estimate of drug-likeness (QED) is 0.590. The molecule has 0 amide bonds. The van der Waals surface area contributed by atoms with Gasteiger partial charge in [-0.05, 0) is 60.1 Å². The molecule has 1 aromatic rings. The number of rotatable bonds is 5. The van der Waals surface area contributed by atoms with Gasteiger partial charge < -0.3 is 4.74 Å². The van der Waals surface area contributed by atoms with Crippen molar-refractivity contribution in [2.45, 2.75) is 19.8 Å². The third kappa shape index (κ3) is 3.65. The Labute approximate surface area is 104 Å². The molecule has 0 aliphatic heterocycles. The summed E-state index contributed by atoms with van der Waals surface area (Å²) < 4.78 is 6.68. The molecule has 1 nitrogen and oxygen atoms in total. The van der Waals surface area contributed by atoms with Crippen molar-refractivity contribution in [3.63, 3.8) is 0 Å². The molecule has 1 aromatic carbocycles. The van der Waals surface area contributed by atoms with Crippen LogP contribution in [0.4, 0.5) is 0 Å². The zero-order valence-electron chi connectivity index (χ0n) is 8.22. The maximum Gasteiger partial charge on any atom is 0.132 e. The van der Waals surface area contributed by atoms with E-state index in [1.165, 1.54) is 9.13 Å². The van der Waals surface area contributed by atoms with Gasteiger partial charge in [0.05, 0.1) is 10.2 Å². The van der Waals surface area contributed by atoms with Crippen LogP contribution in [-0.2, 0) is 6.42 Å². The summed E-state index contributed by atoms with van der Waals surface area (Å²) in [4.78, 5) is 0. The third-order valence-corrected chi connectivity index (χ3v) is 3.05. The Hall–Kier alpha value is 0.0400. The van der Waals surface area contributed by atoms with Crippen LogP contribution in [0.2, 0.25) is 0 Å². The molecule has 0 spiro atoms. The van der Waals surface area contributed by atoms with E-state index in [9.17, 15) is 0 Å². The number of halogens is 2. The smallest absolute Gasteiger partial charge is 0.132 e. The zero-order valence-corrected chi connectivity index (χ0v) is 11.1. The van der Waals surface area contributed by atoms with Gasteiger partial charge in [0.1, 0.15) is 5.75 Å². The molecule has 0 saturated heterocycles. The van der Waals surface area contributed by atoms with Crippen LogP contribution in [0, 0.1) is 3.57 Å². The lowest BCUT2D eigenvalue weighted by molar-refractivity contribution is 0.337. The third-order valence-electron chi connectivity index (χ3n) is 1.89. The summed E-state index contributed by atoms with van der Waals surface area (Å²) in [6, 6.07) is 6.34. The monoisotopic (exact) mass is 324 g/mol. The highest BCUT2D eigenvalue weighted by atomic mass is 127. The Kier molecular flexibility index (Phi) is 5.63. The summed E-state index contributed by atoms with van der Waals surface area (Å²) in [5.74, 6) is 1.70. The predicted octanol–water partition coefficient (Wildman–Crippen LogP) is 3.86. The molecule has 0 N–H and O–H groups in total. The van der Waals surface area contributed by atoms with E-state index in [2.05, 4.69) is 40.8 Å². The predicted molar refractivity (Wildman–Crippen MR) is 69.4 cm³/mol. The second-order valence-corrected chi connectivity index (χ2v) is 4.53. The first-order chi connectivity index (χ1) is 6.77. The molecule has 3 heteroatoms. The molecule has 1 rings (SSSR count). The molecular formula is C11H14ClIO. The molecule has 0 aromatic heterocycles. The van der Waals surface area contributed by atoms with Crippen LogP contribution in [0.15, 0.2) is 18.2 Å². The molecule has 0 aliphatic rings. The zero-order chi connectivity index (χ0) is 10.4. The maximum atomic E-state index is 5.65. The highest BCUT2D eigenvalue weighted by molar-refractivity contribution is 14.1.